The third-order valence-corrected chi connectivity index (χ3v) is 6.10. The number of carbonyl (C=O) groups is 1. The Labute approximate surface area is 187 Å². The van der Waals surface area contributed by atoms with Crippen molar-refractivity contribution in [3.8, 4) is 11.5 Å². The molecule has 0 saturated heterocycles. The molecule has 2 aromatic carbocycles. The number of aromatic nitrogens is 3. The highest BCUT2D eigenvalue weighted by molar-refractivity contribution is 8.00. The highest BCUT2D eigenvalue weighted by Gasteiger charge is 2.25. The Balaban J connectivity index is 1.74. The molecule has 0 spiro atoms. The molecule has 1 heterocycles. The highest BCUT2D eigenvalue weighted by atomic mass is 32.2. The van der Waals surface area contributed by atoms with E-state index in [1.54, 1.807) is 7.11 Å². The Kier molecular flexibility index (Phi) is 7.94. The Bertz CT molecular complexity index is 993. The highest BCUT2D eigenvalue weighted by Crippen LogP contribution is 2.32. The summed E-state index contributed by atoms with van der Waals surface area (Å²) in [4.78, 5) is 12.8. The topological polar surface area (TPSA) is 78.3 Å². The molecule has 0 aliphatic heterocycles. The van der Waals surface area contributed by atoms with Gasteiger partial charge in [0.15, 0.2) is 28.6 Å². The summed E-state index contributed by atoms with van der Waals surface area (Å²) in [6, 6.07) is 17.0. The normalized spacial score (nSPS) is 12.8. The lowest BCUT2D eigenvalue weighted by Gasteiger charge is -2.18. The van der Waals surface area contributed by atoms with Gasteiger partial charge in [-0.1, -0.05) is 49.0 Å². The molecule has 3 aromatic rings. The van der Waals surface area contributed by atoms with Crippen molar-refractivity contribution in [3.05, 3.63) is 60.4 Å². The molecule has 0 saturated carbocycles. The number of thioether (sulfide) groups is 1. The van der Waals surface area contributed by atoms with E-state index in [0.717, 1.165) is 5.69 Å². The van der Waals surface area contributed by atoms with Gasteiger partial charge in [0.2, 0.25) is 5.91 Å². The molecule has 164 valence electrons. The van der Waals surface area contributed by atoms with E-state index in [2.05, 4.69) is 15.5 Å². The van der Waals surface area contributed by atoms with E-state index < -0.39 is 0 Å². The second-order valence-corrected chi connectivity index (χ2v) is 8.04. The first-order chi connectivity index (χ1) is 15.1. The van der Waals surface area contributed by atoms with E-state index in [-0.39, 0.29) is 17.3 Å². The SMILES string of the molecule is CCC(Sc1nnc(C(C)Oc2ccccc2OC)n1CC)C(=O)Nc1ccccc1. The van der Waals surface area contributed by atoms with Crippen LogP contribution < -0.4 is 14.8 Å². The van der Waals surface area contributed by atoms with Crippen LogP contribution in [0.5, 0.6) is 11.5 Å². The lowest BCUT2D eigenvalue weighted by atomic mass is 10.3. The van der Waals surface area contributed by atoms with Crippen LogP contribution in [0.1, 0.15) is 39.1 Å². The van der Waals surface area contributed by atoms with Crippen LogP contribution in [-0.2, 0) is 11.3 Å². The van der Waals surface area contributed by atoms with Crippen molar-refractivity contribution in [2.24, 2.45) is 0 Å². The number of anilines is 1. The van der Waals surface area contributed by atoms with Gasteiger partial charge in [0.25, 0.3) is 0 Å². The van der Waals surface area contributed by atoms with E-state index in [1.165, 1.54) is 11.8 Å². The van der Waals surface area contributed by atoms with E-state index in [1.807, 2.05) is 79.9 Å². The molecule has 7 nitrogen and oxygen atoms in total. The minimum absolute atomic E-state index is 0.0516. The molecule has 1 aromatic heterocycles. The second-order valence-electron chi connectivity index (χ2n) is 6.87. The maximum atomic E-state index is 12.8. The van der Waals surface area contributed by atoms with Crippen LogP contribution >= 0.6 is 11.8 Å². The van der Waals surface area contributed by atoms with Gasteiger partial charge in [-0.2, -0.15) is 0 Å². The smallest absolute Gasteiger partial charge is 0.237 e. The zero-order chi connectivity index (χ0) is 22.2. The number of hydrogen-bond acceptors (Lipinski definition) is 6. The summed E-state index contributed by atoms with van der Waals surface area (Å²) in [5.41, 5.74) is 0.781. The lowest BCUT2D eigenvalue weighted by Crippen LogP contribution is -2.25. The van der Waals surface area contributed by atoms with Crippen LogP contribution in [0, 0.1) is 0 Å². The fraction of sp³-hybridized carbons (Fsp3) is 0.348. The number of benzene rings is 2. The molecule has 1 amide bonds. The van der Waals surface area contributed by atoms with Crippen molar-refractivity contribution in [2.75, 3.05) is 12.4 Å². The number of para-hydroxylation sites is 3. The Morgan fingerprint density at radius 2 is 1.74 bits per heavy atom. The van der Waals surface area contributed by atoms with Crippen molar-refractivity contribution >= 4 is 23.4 Å². The monoisotopic (exact) mass is 440 g/mol. The fourth-order valence-electron chi connectivity index (χ4n) is 3.14. The number of carbonyl (C=O) groups excluding carboxylic acids is 1. The summed E-state index contributed by atoms with van der Waals surface area (Å²) >= 11 is 1.42. The molecular formula is C23H28N4O3S. The van der Waals surface area contributed by atoms with Crippen molar-refractivity contribution in [2.45, 2.75) is 50.2 Å². The van der Waals surface area contributed by atoms with Gasteiger partial charge in [0, 0.05) is 12.2 Å². The molecule has 0 aliphatic rings. The third-order valence-electron chi connectivity index (χ3n) is 4.75. The van der Waals surface area contributed by atoms with E-state index in [9.17, 15) is 4.79 Å². The number of hydrogen-bond donors (Lipinski definition) is 1. The Hall–Kier alpha value is -3.00. The van der Waals surface area contributed by atoms with Crippen molar-refractivity contribution in [1.82, 2.24) is 14.8 Å². The van der Waals surface area contributed by atoms with E-state index >= 15 is 0 Å². The number of rotatable bonds is 10. The molecule has 0 fully saturated rings. The summed E-state index contributed by atoms with van der Waals surface area (Å²) in [6.45, 7) is 6.61. The zero-order valence-electron chi connectivity index (χ0n) is 18.2. The van der Waals surface area contributed by atoms with Crippen molar-refractivity contribution < 1.29 is 14.3 Å². The lowest BCUT2D eigenvalue weighted by molar-refractivity contribution is -0.115. The fourth-order valence-corrected chi connectivity index (χ4v) is 4.16. The van der Waals surface area contributed by atoms with Gasteiger partial charge in [0.1, 0.15) is 0 Å². The first kappa shape index (κ1) is 22.7. The molecular weight excluding hydrogens is 412 g/mol. The molecule has 8 heteroatoms. The summed E-state index contributed by atoms with van der Waals surface area (Å²) in [5.74, 6) is 1.96. The molecule has 0 bridgehead atoms. The quantitative estimate of drug-likeness (QED) is 0.449. The van der Waals surface area contributed by atoms with Gasteiger partial charge in [-0.05, 0) is 44.5 Å². The van der Waals surface area contributed by atoms with Gasteiger partial charge >= 0.3 is 0 Å². The van der Waals surface area contributed by atoms with Crippen LogP contribution in [0.4, 0.5) is 5.69 Å². The summed E-state index contributed by atoms with van der Waals surface area (Å²) in [6.07, 6.45) is 0.332. The first-order valence-corrected chi connectivity index (χ1v) is 11.2. The second kappa shape index (κ2) is 10.9. The van der Waals surface area contributed by atoms with Gasteiger partial charge in [0.05, 0.1) is 12.4 Å². The Morgan fingerprint density at radius 3 is 2.39 bits per heavy atom. The van der Waals surface area contributed by atoms with Crippen LogP contribution in [0.3, 0.4) is 0 Å². The summed E-state index contributed by atoms with van der Waals surface area (Å²) in [7, 11) is 1.61. The minimum Gasteiger partial charge on any atom is -0.493 e. The first-order valence-electron chi connectivity index (χ1n) is 10.3. The van der Waals surface area contributed by atoms with Gasteiger partial charge in [-0.3, -0.25) is 4.79 Å². The van der Waals surface area contributed by atoms with Gasteiger partial charge in [-0.15, -0.1) is 10.2 Å². The predicted molar refractivity (Wildman–Crippen MR) is 123 cm³/mol. The summed E-state index contributed by atoms with van der Waals surface area (Å²) in [5, 5.41) is 12.1. The Morgan fingerprint density at radius 1 is 1.06 bits per heavy atom. The van der Waals surface area contributed by atoms with Gasteiger partial charge in [-0.25, -0.2) is 0 Å². The van der Waals surface area contributed by atoms with Crippen LogP contribution in [0.15, 0.2) is 59.8 Å². The number of nitrogens with one attached hydrogen (secondary N) is 1. The molecule has 0 radical (unpaired) electrons. The molecule has 31 heavy (non-hydrogen) atoms. The standard InChI is InChI=1S/C23H28N4O3S/c1-5-20(22(28)24-17-12-8-7-9-13-17)31-23-26-25-21(27(23)6-2)16(3)30-19-15-11-10-14-18(19)29-4/h7-16,20H,5-6H2,1-4H3,(H,24,28). The summed E-state index contributed by atoms with van der Waals surface area (Å²) < 4.78 is 13.5. The molecule has 3 rings (SSSR count). The van der Waals surface area contributed by atoms with Crippen LogP contribution in [0.25, 0.3) is 0 Å². The van der Waals surface area contributed by atoms with E-state index in [4.69, 9.17) is 9.47 Å². The minimum atomic E-state index is -0.337. The van der Waals surface area contributed by atoms with E-state index in [0.29, 0.717) is 35.4 Å². The molecule has 1 N–H and O–H groups in total. The van der Waals surface area contributed by atoms with Crippen molar-refractivity contribution in [3.63, 3.8) is 0 Å². The number of methoxy groups -OCH3 is 1. The van der Waals surface area contributed by atoms with Crippen molar-refractivity contribution in [1.29, 1.82) is 0 Å². The molecule has 2 atom stereocenters. The molecule has 2 unspecified atom stereocenters. The van der Waals surface area contributed by atoms with Gasteiger partial charge < -0.3 is 19.4 Å². The average Bonchev–Trinajstić information content (AvgIpc) is 3.21. The zero-order valence-corrected chi connectivity index (χ0v) is 19.1. The maximum Gasteiger partial charge on any atom is 0.237 e. The predicted octanol–water partition coefficient (Wildman–Crippen LogP) is 4.96. The average molecular weight is 441 g/mol. The van der Waals surface area contributed by atoms with Crippen LogP contribution in [-0.4, -0.2) is 33.0 Å². The number of nitrogens with zero attached hydrogens (tertiary/aromatic N) is 3. The number of ether oxygens (including phenoxy) is 2. The maximum absolute atomic E-state index is 12.8. The third kappa shape index (κ3) is 5.58. The molecule has 0 aliphatic carbocycles. The number of amides is 1. The van der Waals surface area contributed by atoms with Crippen LogP contribution in [0.2, 0.25) is 0 Å². The largest absolute Gasteiger partial charge is 0.493 e.